The molecule has 100 valence electrons. The molecule has 0 radical (unpaired) electrons. The van der Waals surface area contributed by atoms with Gasteiger partial charge in [0.25, 0.3) is 5.89 Å². The highest BCUT2D eigenvalue weighted by molar-refractivity contribution is 9.10. The fourth-order valence-corrected chi connectivity index (χ4v) is 2.04. The van der Waals surface area contributed by atoms with Gasteiger partial charge in [0.15, 0.2) is 0 Å². The number of hydrogen-bond acceptors (Lipinski definition) is 5. The van der Waals surface area contributed by atoms with Gasteiger partial charge in [0, 0.05) is 21.4 Å². The molecule has 2 N–H and O–H groups in total. The Labute approximate surface area is 124 Å². The summed E-state index contributed by atoms with van der Waals surface area (Å²) in [6.45, 7) is 1.92. The molecule has 2 aromatic heterocycles. The van der Waals surface area contributed by atoms with E-state index in [2.05, 4.69) is 31.1 Å². The molecule has 0 atom stereocenters. The zero-order valence-electron chi connectivity index (χ0n) is 10.7. The number of nitrogens with zero attached hydrogens (tertiary/aromatic N) is 3. The van der Waals surface area contributed by atoms with Crippen molar-refractivity contribution >= 4 is 21.6 Å². The van der Waals surface area contributed by atoms with Crippen LogP contribution in [0.4, 0.5) is 5.69 Å². The summed E-state index contributed by atoms with van der Waals surface area (Å²) in [5.74, 6) is 0.882. The number of rotatable bonds is 2. The number of pyridine rings is 1. The van der Waals surface area contributed by atoms with Crippen molar-refractivity contribution in [2.24, 2.45) is 0 Å². The van der Waals surface area contributed by atoms with Crippen molar-refractivity contribution in [2.75, 3.05) is 5.73 Å². The number of benzene rings is 1. The largest absolute Gasteiger partial charge is 0.398 e. The van der Waals surface area contributed by atoms with Crippen LogP contribution in [0.1, 0.15) is 5.69 Å². The lowest BCUT2D eigenvalue weighted by Crippen LogP contribution is -1.89. The predicted molar refractivity (Wildman–Crippen MR) is 79.8 cm³/mol. The van der Waals surface area contributed by atoms with E-state index in [4.69, 9.17) is 10.3 Å². The fourth-order valence-electron chi connectivity index (χ4n) is 1.79. The van der Waals surface area contributed by atoms with E-state index >= 15 is 0 Å². The van der Waals surface area contributed by atoms with E-state index in [1.54, 1.807) is 6.07 Å². The Morgan fingerprint density at radius 2 is 2.00 bits per heavy atom. The third-order valence-electron chi connectivity index (χ3n) is 2.79. The van der Waals surface area contributed by atoms with Gasteiger partial charge in [-0.1, -0.05) is 11.2 Å². The number of aromatic nitrogens is 3. The Hall–Kier alpha value is -2.21. The third kappa shape index (κ3) is 2.42. The van der Waals surface area contributed by atoms with Crippen LogP contribution in [0, 0.1) is 6.92 Å². The van der Waals surface area contributed by atoms with Gasteiger partial charge >= 0.3 is 0 Å². The van der Waals surface area contributed by atoms with Crippen LogP contribution in [-0.4, -0.2) is 15.1 Å². The number of nitrogens with two attached hydrogens (primary N) is 1. The summed E-state index contributed by atoms with van der Waals surface area (Å²) in [6, 6.07) is 11.2. The Morgan fingerprint density at radius 1 is 1.15 bits per heavy atom. The van der Waals surface area contributed by atoms with Crippen LogP contribution in [-0.2, 0) is 0 Å². The van der Waals surface area contributed by atoms with E-state index in [-0.39, 0.29) is 0 Å². The summed E-state index contributed by atoms with van der Waals surface area (Å²) in [4.78, 5) is 8.72. The highest BCUT2D eigenvalue weighted by Gasteiger charge is 2.12. The molecule has 0 aliphatic rings. The molecule has 0 bridgehead atoms. The van der Waals surface area contributed by atoms with Crippen LogP contribution in [0.15, 0.2) is 45.4 Å². The SMILES string of the molecule is Cc1cccc(-c2noc(-c3ccc(Br)c(N)c3)n2)n1. The summed E-state index contributed by atoms with van der Waals surface area (Å²) in [7, 11) is 0. The van der Waals surface area contributed by atoms with E-state index in [1.165, 1.54) is 0 Å². The molecule has 0 fully saturated rings. The van der Waals surface area contributed by atoms with Gasteiger partial charge in [0.1, 0.15) is 5.69 Å². The average molecular weight is 331 g/mol. The molecule has 20 heavy (non-hydrogen) atoms. The second-order valence-electron chi connectivity index (χ2n) is 4.32. The van der Waals surface area contributed by atoms with Gasteiger partial charge in [-0.05, 0) is 53.2 Å². The topological polar surface area (TPSA) is 77.8 Å². The lowest BCUT2D eigenvalue weighted by Gasteiger charge is -1.99. The summed E-state index contributed by atoms with van der Waals surface area (Å²) in [5.41, 5.74) is 8.83. The van der Waals surface area contributed by atoms with E-state index in [0.717, 1.165) is 15.7 Å². The van der Waals surface area contributed by atoms with Crippen LogP contribution >= 0.6 is 15.9 Å². The highest BCUT2D eigenvalue weighted by atomic mass is 79.9. The molecule has 0 unspecified atom stereocenters. The van der Waals surface area contributed by atoms with Gasteiger partial charge in [-0.25, -0.2) is 4.98 Å². The van der Waals surface area contributed by atoms with Gasteiger partial charge in [-0.2, -0.15) is 4.98 Å². The van der Waals surface area contributed by atoms with Gasteiger partial charge < -0.3 is 10.3 Å². The molecule has 0 saturated heterocycles. The first kappa shape index (κ1) is 12.8. The normalized spacial score (nSPS) is 10.7. The van der Waals surface area contributed by atoms with Gasteiger partial charge in [-0.3, -0.25) is 0 Å². The molecular formula is C14H11BrN4O. The first-order valence-corrected chi connectivity index (χ1v) is 6.76. The molecule has 3 aromatic rings. The summed E-state index contributed by atoms with van der Waals surface area (Å²) >= 11 is 3.35. The first-order valence-electron chi connectivity index (χ1n) is 5.96. The van der Waals surface area contributed by atoms with E-state index < -0.39 is 0 Å². The molecule has 5 nitrogen and oxygen atoms in total. The standard InChI is InChI=1S/C14H11BrN4O/c1-8-3-2-4-12(17-8)13-18-14(20-19-13)9-5-6-10(15)11(16)7-9/h2-7H,16H2,1H3. The minimum Gasteiger partial charge on any atom is -0.398 e. The molecule has 0 amide bonds. The molecule has 1 aromatic carbocycles. The maximum Gasteiger partial charge on any atom is 0.258 e. The Kier molecular flexibility index (Phi) is 3.23. The Balaban J connectivity index is 1.99. The highest BCUT2D eigenvalue weighted by Crippen LogP contribution is 2.27. The first-order chi connectivity index (χ1) is 9.63. The van der Waals surface area contributed by atoms with Crippen molar-refractivity contribution in [2.45, 2.75) is 6.92 Å². The molecule has 0 saturated carbocycles. The second-order valence-corrected chi connectivity index (χ2v) is 5.18. The van der Waals surface area contributed by atoms with Crippen LogP contribution in [0.3, 0.4) is 0 Å². The lowest BCUT2D eigenvalue weighted by molar-refractivity contribution is 0.432. The predicted octanol–water partition coefficient (Wildman–Crippen LogP) is 3.45. The molecule has 6 heteroatoms. The Morgan fingerprint density at radius 3 is 2.75 bits per heavy atom. The smallest absolute Gasteiger partial charge is 0.258 e. The minimum atomic E-state index is 0.419. The fraction of sp³-hybridized carbons (Fsp3) is 0.0714. The van der Waals surface area contributed by atoms with E-state index in [1.807, 2.05) is 37.3 Å². The maximum absolute atomic E-state index is 5.85. The molecular weight excluding hydrogens is 320 g/mol. The van der Waals surface area contributed by atoms with E-state index in [0.29, 0.717) is 23.1 Å². The number of halogens is 1. The van der Waals surface area contributed by atoms with Crippen molar-refractivity contribution in [3.8, 4) is 23.0 Å². The molecule has 0 aliphatic carbocycles. The Bertz CT molecular complexity index is 769. The summed E-state index contributed by atoms with van der Waals surface area (Å²) in [5, 5.41) is 3.95. The minimum absolute atomic E-state index is 0.419. The van der Waals surface area contributed by atoms with Gasteiger partial charge in [0.2, 0.25) is 5.82 Å². The summed E-state index contributed by atoms with van der Waals surface area (Å²) in [6.07, 6.45) is 0. The number of anilines is 1. The van der Waals surface area contributed by atoms with Gasteiger partial charge in [0.05, 0.1) is 0 Å². The lowest BCUT2D eigenvalue weighted by atomic mass is 10.2. The van der Waals surface area contributed by atoms with Crippen molar-refractivity contribution < 1.29 is 4.52 Å². The third-order valence-corrected chi connectivity index (χ3v) is 3.51. The van der Waals surface area contributed by atoms with Gasteiger partial charge in [-0.15, -0.1) is 0 Å². The number of hydrogen-bond donors (Lipinski definition) is 1. The molecule has 2 heterocycles. The van der Waals surface area contributed by atoms with Crippen LogP contribution < -0.4 is 5.73 Å². The number of nitrogen functional groups attached to an aromatic ring is 1. The maximum atomic E-state index is 5.85. The van der Waals surface area contributed by atoms with Crippen molar-refractivity contribution in [1.29, 1.82) is 0 Å². The van der Waals surface area contributed by atoms with Crippen molar-refractivity contribution in [3.63, 3.8) is 0 Å². The molecule has 0 aliphatic heterocycles. The zero-order chi connectivity index (χ0) is 14.1. The van der Waals surface area contributed by atoms with Crippen LogP contribution in [0.25, 0.3) is 23.0 Å². The second kappa shape index (κ2) is 5.05. The number of aryl methyl sites for hydroxylation is 1. The molecule has 3 rings (SSSR count). The summed E-state index contributed by atoms with van der Waals surface area (Å²) < 4.78 is 6.10. The van der Waals surface area contributed by atoms with E-state index in [9.17, 15) is 0 Å². The molecule has 0 spiro atoms. The van der Waals surface area contributed by atoms with Crippen LogP contribution in [0.2, 0.25) is 0 Å². The van der Waals surface area contributed by atoms with Crippen molar-refractivity contribution in [3.05, 3.63) is 46.6 Å². The van der Waals surface area contributed by atoms with Crippen molar-refractivity contribution in [1.82, 2.24) is 15.1 Å². The average Bonchev–Trinajstić information content (AvgIpc) is 2.92. The van der Waals surface area contributed by atoms with Crippen LogP contribution in [0.5, 0.6) is 0 Å². The quantitative estimate of drug-likeness (QED) is 0.728. The monoisotopic (exact) mass is 330 g/mol. The zero-order valence-corrected chi connectivity index (χ0v) is 12.3.